The summed E-state index contributed by atoms with van der Waals surface area (Å²) in [6.07, 6.45) is 0.0175. The van der Waals surface area contributed by atoms with Crippen molar-refractivity contribution < 1.29 is 17.9 Å². The second-order valence-corrected chi connectivity index (χ2v) is 9.31. The first-order valence-corrected chi connectivity index (χ1v) is 11.8. The van der Waals surface area contributed by atoms with Crippen molar-refractivity contribution in [2.45, 2.75) is 20.0 Å². The molecule has 0 aromatic heterocycles. The van der Waals surface area contributed by atoms with Crippen LogP contribution in [-0.4, -0.2) is 94.3 Å². The van der Waals surface area contributed by atoms with Crippen molar-refractivity contribution in [2.75, 3.05) is 58.7 Å². The van der Waals surface area contributed by atoms with Crippen LogP contribution in [0.15, 0.2) is 35.3 Å². The van der Waals surface area contributed by atoms with E-state index in [1.54, 1.807) is 19.2 Å². The number of guanidine groups is 1. The molecule has 1 aliphatic rings. The summed E-state index contributed by atoms with van der Waals surface area (Å²) >= 11 is 0. The van der Waals surface area contributed by atoms with Crippen molar-refractivity contribution in [3.05, 3.63) is 35.9 Å². The Kier molecular flexibility index (Phi) is 9.54. The Morgan fingerprint density at radius 2 is 1.73 bits per heavy atom. The molecule has 0 aliphatic carbocycles. The van der Waals surface area contributed by atoms with Crippen molar-refractivity contribution in [3.63, 3.8) is 0 Å². The van der Waals surface area contributed by atoms with Crippen LogP contribution in [0.25, 0.3) is 0 Å². The fourth-order valence-electron chi connectivity index (χ4n) is 3.07. The molecule has 30 heavy (non-hydrogen) atoms. The summed E-state index contributed by atoms with van der Waals surface area (Å²) in [4.78, 5) is 18.3. The fraction of sp³-hybridized carbons (Fsp3) is 0.600. The van der Waals surface area contributed by atoms with Gasteiger partial charge in [-0.05, 0) is 26.0 Å². The van der Waals surface area contributed by atoms with Gasteiger partial charge in [-0.1, -0.05) is 18.2 Å². The lowest BCUT2D eigenvalue weighted by atomic mass is 10.2. The molecule has 0 bridgehead atoms. The average Bonchev–Trinajstić information content (AvgIpc) is 2.74. The maximum atomic E-state index is 12.4. The number of ether oxygens (including phenoxy) is 1. The van der Waals surface area contributed by atoms with Crippen LogP contribution in [0.5, 0.6) is 0 Å². The van der Waals surface area contributed by atoms with Gasteiger partial charge in [-0.3, -0.25) is 9.79 Å². The molecule has 168 valence electrons. The summed E-state index contributed by atoms with van der Waals surface area (Å²) in [5, 5.41) is 6.08. The number of aliphatic imine (C=N–C) groups is 1. The van der Waals surface area contributed by atoms with Crippen molar-refractivity contribution in [3.8, 4) is 0 Å². The zero-order valence-corrected chi connectivity index (χ0v) is 18.8. The highest BCUT2D eigenvalue weighted by molar-refractivity contribution is 7.89. The van der Waals surface area contributed by atoms with Crippen LogP contribution in [0.2, 0.25) is 0 Å². The molecule has 2 rings (SSSR count). The topological polar surface area (TPSA) is 103 Å². The van der Waals surface area contributed by atoms with Gasteiger partial charge in [0.05, 0.1) is 18.5 Å². The lowest BCUT2D eigenvalue weighted by molar-refractivity contribution is 0.0904. The van der Waals surface area contributed by atoms with Gasteiger partial charge in [-0.2, -0.15) is 4.31 Å². The normalized spacial score (nSPS) is 16.0. The fourth-order valence-corrected chi connectivity index (χ4v) is 4.36. The van der Waals surface area contributed by atoms with Crippen molar-refractivity contribution >= 4 is 21.9 Å². The summed E-state index contributed by atoms with van der Waals surface area (Å²) in [5.41, 5.74) is 0.623. The SMILES string of the molecule is CN=C(NCCNC(=O)c1ccccc1)N1CCN(S(=O)(=O)CCOC(C)C)CC1. The van der Waals surface area contributed by atoms with Gasteiger partial charge in [-0.15, -0.1) is 0 Å². The first kappa shape index (κ1) is 24.1. The number of piperazine rings is 1. The lowest BCUT2D eigenvalue weighted by Crippen LogP contribution is -2.54. The van der Waals surface area contributed by atoms with Crippen LogP contribution < -0.4 is 10.6 Å². The van der Waals surface area contributed by atoms with Crippen LogP contribution >= 0.6 is 0 Å². The van der Waals surface area contributed by atoms with E-state index in [4.69, 9.17) is 4.74 Å². The molecule has 1 heterocycles. The second kappa shape index (κ2) is 11.9. The average molecular weight is 440 g/mol. The monoisotopic (exact) mass is 439 g/mol. The number of nitrogens with one attached hydrogen (secondary N) is 2. The molecule has 1 aromatic carbocycles. The van der Waals surface area contributed by atoms with Gasteiger partial charge in [0.2, 0.25) is 10.0 Å². The van der Waals surface area contributed by atoms with Gasteiger partial charge in [-0.25, -0.2) is 8.42 Å². The summed E-state index contributed by atoms with van der Waals surface area (Å²) in [6.45, 7) is 6.89. The standard InChI is InChI=1S/C20H33N5O4S/c1-17(2)29-15-16-30(27,28)25-13-11-24(12-14-25)20(21-3)23-10-9-22-19(26)18-7-5-4-6-8-18/h4-8,17H,9-16H2,1-3H3,(H,21,23)(H,22,26). The van der Waals surface area contributed by atoms with E-state index in [1.807, 2.05) is 36.9 Å². The van der Waals surface area contributed by atoms with Crippen molar-refractivity contribution in [1.29, 1.82) is 0 Å². The predicted octanol–water partition coefficient (Wildman–Crippen LogP) is 0.364. The van der Waals surface area contributed by atoms with Crippen molar-refractivity contribution in [1.82, 2.24) is 19.8 Å². The largest absolute Gasteiger partial charge is 0.378 e. The first-order valence-electron chi connectivity index (χ1n) is 10.2. The zero-order chi connectivity index (χ0) is 22.0. The molecule has 0 spiro atoms. The number of nitrogens with zero attached hydrogens (tertiary/aromatic N) is 3. The number of rotatable bonds is 9. The number of carbonyl (C=O) groups excluding carboxylic acids is 1. The third kappa shape index (κ3) is 7.58. The van der Waals surface area contributed by atoms with E-state index in [0.29, 0.717) is 50.8 Å². The summed E-state index contributed by atoms with van der Waals surface area (Å²) in [5.74, 6) is 0.580. The maximum absolute atomic E-state index is 12.4. The molecule has 2 N–H and O–H groups in total. The van der Waals surface area contributed by atoms with E-state index in [9.17, 15) is 13.2 Å². The van der Waals surface area contributed by atoms with Crippen molar-refractivity contribution in [2.24, 2.45) is 4.99 Å². The minimum atomic E-state index is -3.32. The maximum Gasteiger partial charge on any atom is 0.251 e. The Morgan fingerprint density at radius 3 is 2.33 bits per heavy atom. The molecule has 1 amide bonds. The Balaban J connectivity index is 1.72. The predicted molar refractivity (Wildman–Crippen MR) is 118 cm³/mol. The number of amides is 1. The highest BCUT2D eigenvalue weighted by atomic mass is 32.2. The molecule has 1 aromatic rings. The zero-order valence-electron chi connectivity index (χ0n) is 18.0. The highest BCUT2D eigenvalue weighted by Crippen LogP contribution is 2.09. The minimum absolute atomic E-state index is 0.000728. The molecular weight excluding hydrogens is 406 g/mol. The van der Waals surface area contributed by atoms with E-state index >= 15 is 0 Å². The molecule has 9 nitrogen and oxygen atoms in total. The Bertz CT molecular complexity index is 791. The summed E-state index contributed by atoms with van der Waals surface area (Å²) in [6, 6.07) is 9.06. The number of carbonyl (C=O) groups is 1. The van der Waals surface area contributed by atoms with Crippen LogP contribution in [0, 0.1) is 0 Å². The molecule has 0 atom stereocenters. The van der Waals surface area contributed by atoms with E-state index in [-0.39, 0.29) is 24.4 Å². The van der Waals surface area contributed by atoms with Gasteiger partial charge in [0.15, 0.2) is 5.96 Å². The molecule has 10 heteroatoms. The van der Waals surface area contributed by atoms with Crippen LogP contribution in [0.3, 0.4) is 0 Å². The molecule has 0 unspecified atom stereocenters. The number of hydrogen-bond acceptors (Lipinski definition) is 5. The summed E-state index contributed by atoms with van der Waals surface area (Å²) < 4.78 is 31.8. The first-order chi connectivity index (χ1) is 14.3. The van der Waals surface area contributed by atoms with Gasteiger partial charge in [0, 0.05) is 51.9 Å². The van der Waals surface area contributed by atoms with E-state index < -0.39 is 10.0 Å². The third-order valence-electron chi connectivity index (χ3n) is 4.67. The quantitative estimate of drug-likeness (QED) is 0.327. The summed E-state index contributed by atoms with van der Waals surface area (Å²) in [7, 11) is -1.63. The third-order valence-corrected chi connectivity index (χ3v) is 6.50. The van der Waals surface area contributed by atoms with Crippen LogP contribution in [-0.2, 0) is 14.8 Å². The van der Waals surface area contributed by atoms with E-state index in [0.717, 1.165) is 0 Å². The Morgan fingerprint density at radius 1 is 1.10 bits per heavy atom. The van der Waals surface area contributed by atoms with Gasteiger partial charge < -0.3 is 20.3 Å². The Hall–Kier alpha value is -2.17. The molecule has 0 radical (unpaired) electrons. The van der Waals surface area contributed by atoms with Crippen LogP contribution in [0.1, 0.15) is 24.2 Å². The van der Waals surface area contributed by atoms with Crippen LogP contribution in [0.4, 0.5) is 0 Å². The number of sulfonamides is 1. The van der Waals surface area contributed by atoms with Gasteiger partial charge in [0.1, 0.15) is 0 Å². The number of benzene rings is 1. The minimum Gasteiger partial charge on any atom is -0.378 e. The van der Waals surface area contributed by atoms with E-state index in [1.165, 1.54) is 4.31 Å². The second-order valence-electron chi connectivity index (χ2n) is 7.22. The molecule has 1 fully saturated rings. The molecular formula is C20H33N5O4S. The Labute approximate surface area is 179 Å². The highest BCUT2D eigenvalue weighted by Gasteiger charge is 2.27. The van der Waals surface area contributed by atoms with Gasteiger partial charge >= 0.3 is 0 Å². The molecule has 1 aliphatic heterocycles. The molecule has 0 saturated carbocycles. The number of hydrogen-bond donors (Lipinski definition) is 2. The lowest BCUT2D eigenvalue weighted by Gasteiger charge is -2.35. The van der Waals surface area contributed by atoms with E-state index in [2.05, 4.69) is 15.6 Å². The molecule has 1 saturated heterocycles. The van der Waals surface area contributed by atoms with Gasteiger partial charge in [0.25, 0.3) is 5.91 Å². The smallest absolute Gasteiger partial charge is 0.251 e.